The minimum absolute atomic E-state index is 0.00204. The predicted molar refractivity (Wildman–Crippen MR) is 119 cm³/mol. The molecule has 3 aromatic rings. The summed E-state index contributed by atoms with van der Waals surface area (Å²) in [7, 11) is -0.842. The summed E-state index contributed by atoms with van der Waals surface area (Å²) in [6, 6.07) is 7.68. The summed E-state index contributed by atoms with van der Waals surface area (Å²) in [4.78, 5) is 8.61. The van der Waals surface area contributed by atoms with Crippen molar-refractivity contribution in [2.45, 2.75) is 37.8 Å². The summed E-state index contributed by atoms with van der Waals surface area (Å²) < 4.78 is 50.4. The van der Waals surface area contributed by atoms with E-state index < -0.39 is 16.3 Å². The molecule has 4 rings (SSSR count). The van der Waals surface area contributed by atoms with Crippen LogP contribution < -0.4 is 14.8 Å². The van der Waals surface area contributed by atoms with E-state index >= 15 is 0 Å². The number of anilines is 2. The van der Waals surface area contributed by atoms with Gasteiger partial charge in [0.2, 0.25) is 0 Å². The van der Waals surface area contributed by atoms with Gasteiger partial charge in [-0.2, -0.15) is 12.8 Å². The minimum atomic E-state index is -2.39. The highest BCUT2D eigenvalue weighted by Gasteiger charge is 2.24. The average Bonchev–Trinajstić information content (AvgIpc) is 2.77. The molecule has 11 heteroatoms. The summed E-state index contributed by atoms with van der Waals surface area (Å²) >= 11 is 5.88. The second-order valence-electron chi connectivity index (χ2n) is 7.37. The van der Waals surface area contributed by atoms with E-state index in [1.54, 1.807) is 25.3 Å². The van der Waals surface area contributed by atoms with Crippen molar-refractivity contribution in [1.29, 1.82) is 0 Å². The molecule has 0 radical (unpaired) electrons. The van der Waals surface area contributed by atoms with E-state index in [1.165, 1.54) is 18.5 Å². The third kappa shape index (κ3) is 5.08. The van der Waals surface area contributed by atoms with Crippen LogP contribution in [0.1, 0.15) is 25.7 Å². The van der Waals surface area contributed by atoms with E-state index in [0.717, 1.165) is 0 Å². The Morgan fingerprint density at radius 2 is 1.91 bits per heavy atom. The highest BCUT2D eigenvalue weighted by Crippen LogP contribution is 2.37. The van der Waals surface area contributed by atoms with Crippen molar-refractivity contribution in [2.24, 2.45) is 4.36 Å². The second-order valence-corrected chi connectivity index (χ2v) is 8.42. The lowest BCUT2D eigenvalue weighted by Gasteiger charge is -2.27. The van der Waals surface area contributed by atoms with Crippen LogP contribution in [-0.2, 0) is 10.5 Å². The molecule has 0 bridgehead atoms. The minimum Gasteiger partial charge on any atom is -0.493 e. The van der Waals surface area contributed by atoms with Crippen LogP contribution in [0.4, 0.5) is 15.9 Å². The van der Waals surface area contributed by atoms with E-state index in [1.807, 2.05) is 0 Å². The van der Waals surface area contributed by atoms with Crippen LogP contribution in [0.15, 0.2) is 41.0 Å². The molecule has 1 aromatic heterocycles. The lowest BCUT2D eigenvalue weighted by atomic mass is 9.93. The number of methoxy groups -OCH3 is 1. The molecule has 0 spiro atoms. The van der Waals surface area contributed by atoms with E-state index in [4.69, 9.17) is 21.1 Å². The lowest BCUT2D eigenvalue weighted by Crippen LogP contribution is -2.26. The molecule has 1 heterocycles. The number of hydrogen-bond acceptors (Lipinski definition) is 8. The monoisotopic (exact) mass is 478 g/mol. The topological polar surface area (TPSA) is 103 Å². The number of aromatic nitrogens is 2. The van der Waals surface area contributed by atoms with Crippen LogP contribution in [0.5, 0.6) is 11.5 Å². The standard InChI is InChI=1S/C21H20ClFN4O4S/c1-30-19-10-18-15(9-20(19)31-14-5-2-12(3-6-14)27-32(28)29)21(25-11-24-18)26-13-4-7-17(23)16(22)8-13/h4,7-12,14H,2-3,5-6H2,1H3,(H,24,25,26). The first kappa shape index (κ1) is 22.2. The second kappa shape index (κ2) is 9.66. The fourth-order valence-corrected chi connectivity index (χ4v) is 4.33. The zero-order valence-electron chi connectivity index (χ0n) is 17.1. The Labute approximate surface area is 190 Å². The first-order valence-electron chi connectivity index (χ1n) is 9.94. The van der Waals surface area contributed by atoms with Gasteiger partial charge in [0.15, 0.2) is 11.5 Å². The Kier molecular flexibility index (Phi) is 6.71. The summed E-state index contributed by atoms with van der Waals surface area (Å²) in [6.07, 6.45) is 3.95. The van der Waals surface area contributed by atoms with Gasteiger partial charge in [-0.3, -0.25) is 0 Å². The van der Waals surface area contributed by atoms with Crippen LogP contribution in [0, 0.1) is 5.82 Å². The van der Waals surface area contributed by atoms with Crippen molar-refractivity contribution in [3.63, 3.8) is 0 Å². The van der Waals surface area contributed by atoms with Crippen molar-refractivity contribution >= 4 is 44.5 Å². The fourth-order valence-electron chi connectivity index (χ4n) is 3.70. The number of nitrogens with zero attached hydrogens (tertiary/aromatic N) is 3. The van der Waals surface area contributed by atoms with Gasteiger partial charge in [0.05, 0.1) is 29.8 Å². The number of halogens is 2. The Bertz CT molecular complexity index is 1270. The molecular formula is C21H20ClFN4O4S. The zero-order chi connectivity index (χ0) is 22.7. The van der Waals surface area contributed by atoms with Gasteiger partial charge < -0.3 is 14.8 Å². The largest absolute Gasteiger partial charge is 0.493 e. The van der Waals surface area contributed by atoms with Crippen LogP contribution >= 0.6 is 11.6 Å². The number of nitrogens with one attached hydrogen (secondary N) is 1. The zero-order valence-corrected chi connectivity index (χ0v) is 18.7. The molecular weight excluding hydrogens is 459 g/mol. The Hall–Kier alpha value is -2.98. The van der Waals surface area contributed by atoms with E-state index in [-0.39, 0.29) is 17.2 Å². The molecule has 1 saturated carbocycles. The molecule has 168 valence electrons. The van der Waals surface area contributed by atoms with Crippen LogP contribution in [-0.4, -0.2) is 37.6 Å². The lowest BCUT2D eigenvalue weighted by molar-refractivity contribution is 0.143. The van der Waals surface area contributed by atoms with Gasteiger partial charge >= 0.3 is 10.5 Å². The summed E-state index contributed by atoms with van der Waals surface area (Å²) in [5, 5.41) is 3.83. The Balaban J connectivity index is 1.61. The first-order valence-corrected chi connectivity index (χ1v) is 11.4. The van der Waals surface area contributed by atoms with Gasteiger partial charge in [-0.15, -0.1) is 0 Å². The van der Waals surface area contributed by atoms with E-state index in [2.05, 4.69) is 19.6 Å². The third-order valence-corrected chi connectivity index (χ3v) is 6.04. The van der Waals surface area contributed by atoms with Gasteiger partial charge in [-0.1, -0.05) is 11.6 Å². The van der Waals surface area contributed by atoms with E-state index in [9.17, 15) is 12.8 Å². The van der Waals surface area contributed by atoms with Gasteiger partial charge in [0, 0.05) is 17.1 Å². The van der Waals surface area contributed by atoms with Crippen LogP contribution in [0.25, 0.3) is 10.9 Å². The number of rotatable bonds is 6. The third-order valence-electron chi connectivity index (χ3n) is 5.28. The van der Waals surface area contributed by atoms with Crippen molar-refractivity contribution in [3.8, 4) is 11.5 Å². The SMILES string of the molecule is COc1cc2ncnc(Nc3ccc(F)c(Cl)c3)c2cc1OC1CCC(N=S(=O)=O)CC1. The molecule has 0 aliphatic heterocycles. The average molecular weight is 479 g/mol. The number of hydrogen-bond donors (Lipinski definition) is 1. The summed E-state index contributed by atoms with van der Waals surface area (Å²) in [5.74, 6) is 1.06. The molecule has 1 fully saturated rings. The number of ether oxygens (including phenoxy) is 2. The smallest absolute Gasteiger partial charge is 0.311 e. The first-order chi connectivity index (χ1) is 15.4. The quantitative estimate of drug-likeness (QED) is 0.535. The molecule has 1 aliphatic rings. The molecule has 0 saturated heterocycles. The maximum Gasteiger partial charge on any atom is 0.311 e. The van der Waals surface area contributed by atoms with Crippen molar-refractivity contribution < 1.29 is 22.3 Å². The van der Waals surface area contributed by atoms with Crippen molar-refractivity contribution in [1.82, 2.24) is 9.97 Å². The van der Waals surface area contributed by atoms with Gasteiger partial charge in [-0.05, 0) is 49.9 Å². The van der Waals surface area contributed by atoms with Crippen LogP contribution in [0.3, 0.4) is 0 Å². The molecule has 1 aliphatic carbocycles. The fraction of sp³-hybridized carbons (Fsp3) is 0.333. The maximum absolute atomic E-state index is 13.5. The molecule has 0 amide bonds. The molecule has 32 heavy (non-hydrogen) atoms. The maximum atomic E-state index is 13.5. The molecule has 2 aromatic carbocycles. The van der Waals surface area contributed by atoms with Crippen LogP contribution in [0.2, 0.25) is 5.02 Å². The normalized spacial score (nSPS) is 18.2. The number of benzene rings is 2. The molecule has 0 atom stereocenters. The van der Waals surface area contributed by atoms with Crippen molar-refractivity contribution in [2.75, 3.05) is 12.4 Å². The summed E-state index contributed by atoms with van der Waals surface area (Å²) in [5.41, 5.74) is 1.22. The highest BCUT2D eigenvalue weighted by atomic mass is 35.5. The predicted octanol–water partition coefficient (Wildman–Crippen LogP) is 4.93. The highest BCUT2D eigenvalue weighted by molar-refractivity contribution is 7.61. The van der Waals surface area contributed by atoms with Crippen molar-refractivity contribution in [3.05, 3.63) is 47.5 Å². The van der Waals surface area contributed by atoms with E-state index in [0.29, 0.717) is 59.6 Å². The van der Waals surface area contributed by atoms with Gasteiger partial charge in [0.25, 0.3) is 0 Å². The molecule has 1 N–H and O–H groups in total. The molecule has 0 unspecified atom stereocenters. The molecule has 8 nitrogen and oxygen atoms in total. The van der Waals surface area contributed by atoms with Gasteiger partial charge in [0.1, 0.15) is 18.0 Å². The summed E-state index contributed by atoms with van der Waals surface area (Å²) in [6.45, 7) is 0. The van der Waals surface area contributed by atoms with Gasteiger partial charge in [-0.25, -0.2) is 14.4 Å². The number of fused-ring (bicyclic) bond motifs is 1. The Morgan fingerprint density at radius 3 is 2.59 bits per heavy atom. The Morgan fingerprint density at radius 1 is 1.12 bits per heavy atom.